The van der Waals surface area contributed by atoms with Crippen molar-refractivity contribution in [1.29, 1.82) is 0 Å². The lowest BCUT2D eigenvalue weighted by atomic mass is 10.0. The summed E-state index contributed by atoms with van der Waals surface area (Å²) in [5.74, 6) is -6.69. The SMILES string of the molecule is CC(C)C[C@H](NC(=O)[C@H](CCCCN)NC(=O)[C@H](Cc1ccc(O)cc1)NC(=O)[C@H](CCCCN)NC(=O)[C@H](CCCCN)NC(=O)[C@H](CCCN=C(N)N)NC(=O)CNC(=O)CN)C(=O)O. The van der Waals surface area contributed by atoms with Crippen molar-refractivity contribution in [2.45, 2.75) is 134 Å². The topological polar surface area (TPSA) is 430 Å². The van der Waals surface area contributed by atoms with Crippen LogP contribution in [0.15, 0.2) is 29.3 Å². The van der Waals surface area contributed by atoms with Gasteiger partial charge in [-0.15, -0.1) is 0 Å². The number of nitrogens with two attached hydrogens (primary N) is 6. The quantitative estimate of drug-likeness (QED) is 0.0178. The van der Waals surface area contributed by atoms with Crippen molar-refractivity contribution >= 4 is 53.3 Å². The molecule has 378 valence electrons. The predicted octanol–water partition coefficient (Wildman–Crippen LogP) is -3.51. The van der Waals surface area contributed by atoms with Crippen LogP contribution < -0.4 is 71.6 Å². The number of carboxylic acid groups (broad SMARTS) is 1. The molecule has 0 aromatic heterocycles. The van der Waals surface area contributed by atoms with Crippen LogP contribution in [0.3, 0.4) is 0 Å². The van der Waals surface area contributed by atoms with Gasteiger partial charge >= 0.3 is 5.97 Å². The molecule has 0 bridgehead atoms. The van der Waals surface area contributed by atoms with E-state index in [1.165, 1.54) is 12.1 Å². The van der Waals surface area contributed by atoms with Crippen molar-refractivity contribution in [1.82, 2.24) is 37.2 Å². The third-order valence-corrected chi connectivity index (χ3v) is 10.3. The number of nitrogens with zero attached hydrogens (tertiary/aromatic N) is 1. The Bertz CT molecular complexity index is 1750. The van der Waals surface area contributed by atoms with Crippen molar-refractivity contribution in [3.05, 3.63) is 29.8 Å². The van der Waals surface area contributed by atoms with Gasteiger partial charge in [-0.3, -0.25) is 38.6 Å². The third-order valence-electron chi connectivity index (χ3n) is 10.3. The van der Waals surface area contributed by atoms with Crippen molar-refractivity contribution in [3.8, 4) is 5.75 Å². The van der Waals surface area contributed by atoms with Crippen LogP contribution in [0, 0.1) is 5.92 Å². The van der Waals surface area contributed by atoms with E-state index < -0.39 is 90.1 Å². The van der Waals surface area contributed by atoms with Gasteiger partial charge in [-0.1, -0.05) is 26.0 Å². The average Bonchev–Trinajstić information content (AvgIpc) is 3.27. The molecule has 0 radical (unpaired) electrons. The summed E-state index contributed by atoms with van der Waals surface area (Å²) < 4.78 is 0. The Morgan fingerprint density at radius 2 is 0.955 bits per heavy atom. The highest BCUT2D eigenvalue weighted by atomic mass is 16.4. The zero-order chi connectivity index (χ0) is 50.3. The van der Waals surface area contributed by atoms with Gasteiger partial charge in [-0.2, -0.15) is 0 Å². The van der Waals surface area contributed by atoms with Crippen LogP contribution in [-0.2, 0) is 44.8 Å². The summed E-state index contributed by atoms with van der Waals surface area (Å²) in [5.41, 5.74) is 33.9. The van der Waals surface area contributed by atoms with Gasteiger partial charge in [0.1, 0.15) is 42.0 Å². The first-order valence-corrected chi connectivity index (χ1v) is 22.8. The van der Waals surface area contributed by atoms with Crippen LogP contribution in [0.25, 0.3) is 0 Å². The summed E-state index contributed by atoms with van der Waals surface area (Å²) in [6.07, 6.45) is 3.09. The molecule has 67 heavy (non-hydrogen) atoms. The number of unbranched alkanes of at least 4 members (excludes halogenated alkanes) is 3. The van der Waals surface area contributed by atoms with Crippen LogP contribution in [0.5, 0.6) is 5.75 Å². The van der Waals surface area contributed by atoms with E-state index >= 15 is 0 Å². The Hall–Kier alpha value is -6.11. The number of aliphatic carboxylic acids is 1. The molecule has 0 fully saturated rings. The maximum atomic E-state index is 14.3. The molecule has 24 nitrogen and oxygen atoms in total. The largest absolute Gasteiger partial charge is 0.508 e. The van der Waals surface area contributed by atoms with Crippen LogP contribution in [0.2, 0.25) is 0 Å². The lowest BCUT2D eigenvalue weighted by Crippen LogP contribution is -2.60. The van der Waals surface area contributed by atoms with Crippen LogP contribution in [0.4, 0.5) is 0 Å². The van der Waals surface area contributed by atoms with Gasteiger partial charge in [0.05, 0.1) is 13.1 Å². The molecule has 6 atom stereocenters. The van der Waals surface area contributed by atoms with Gasteiger partial charge in [0.15, 0.2) is 5.96 Å². The molecule has 1 aromatic rings. The molecule has 0 heterocycles. The maximum Gasteiger partial charge on any atom is 0.326 e. The number of carboxylic acids is 1. The summed E-state index contributed by atoms with van der Waals surface area (Å²) in [6, 6.07) is -1.67. The van der Waals surface area contributed by atoms with Crippen molar-refractivity contribution < 1.29 is 48.6 Å². The number of hydrogen-bond acceptors (Lipinski definition) is 14. The summed E-state index contributed by atoms with van der Waals surface area (Å²) in [4.78, 5) is 110. The second-order valence-electron chi connectivity index (χ2n) is 16.5. The fourth-order valence-corrected chi connectivity index (χ4v) is 6.69. The Kier molecular flexibility index (Phi) is 29.3. The summed E-state index contributed by atoms with van der Waals surface area (Å²) in [6.45, 7) is 3.73. The first kappa shape index (κ1) is 58.9. The Morgan fingerprint density at radius 3 is 1.36 bits per heavy atom. The second-order valence-corrected chi connectivity index (χ2v) is 16.5. The van der Waals surface area contributed by atoms with Gasteiger partial charge in [-0.25, -0.2) is 4.79 Å². The highest BCUT2D eigenvalue weighted by molar-refractivity contribution is 5.97. The number of aromatic hydroxyl groups is 1. The maximum absolute atomic E-state index is 14.3. The number of nitrogens with one attached hydrogen (secondary N) is 7. The van der Waals surface area contributed by atoms with E-state index in [2.05, 4.69) is 42.2 Å². The molecule has 0 saturated carbocycles. The number of rotatable bonds is 35. The Morgan fingerprint density at radius 1 is 0.552 bits per heavy atom. The number of amides is 7. The van der Waals surface area contributed by atoms with E-state index in [1.54, 1.807) is 26.0 Å². The molecule has 7 amide bonds. The Labute approximate surface area is 392 Å². The molecule has 1 rings (SSSR count). The average molecular weight is 949 g/mol. The van der Waals surface area contributed by atoms with E-state index in [0.29, 0.717) is 50.6 Å². The molecule has 0 aliphatic heterocycles. The summed E-state index contributed by atoms with van der Waals surface area (Å²) in [5, 5.41) is 37.9. The normalized spacial score (nSPS) is 13.7. The number of benzene rings is 1. The summed E-state index contributed by atoms with van der Waals surface area (Å²) in [7, 11) is 0. The van der Waals surface area contributed by atoms with Crippen LogP contribution >= 0.6 is 0 Å². The predicted molar refractivity (Wildman–Crippen MR) is 251 cm³/mol. The lowest BCUT2D eigenvalue weighted by molar-refractivity contribution is -0.143. The van der Waals surface area contributed by atoms with Crippen LogP contribution in [-0.4, -0.2) is 139 Å². The minimum Gasteiger partial charge on any atom is -0.508 e. The van der Waals surface area contributed by atoms with Gasteiger partial charge in [0.2, 0.25) is 41.4 Å². The third kappa shape index (κ3) is 25.4. The molecule has 0 spiro atoms. The van der Waals surface area contributed by atoms with E-state index in [0.717, 1.165) is 0 Å². The highest BCUT2D eigenvalue weighted by Gasteiger charge is 2.33. The lowest BCUT2D eigenvalue weighted by Gasteiger charge is -2.28. The van der Waals surface area contributed by atoms with E-state index in [4.69, 9.17) is 34.4 Å². The van der Waals surface area contributed by atoms with Gasteiger partial charge in [-0.05, 0) is 120 Å². The fraction of sp³-hybridized carbons (Fsp3) is 0.651. The molecule has 21 N–H and O–H groups in total. The number of carbonyl (C=O) groups is 8. The molecule has 1 aromatic carbocycles. The van der Waals surface area contributed by atoms with Crippen molar-refractivity contribution in [3.63, 3.8) is 0 Å². The smallest absolute Gasteiger partial charge is 0.326 e. The molecule has 0 saturated heterocycles. The highest BCUT2D eigenvalue weighted by Crippen LogP contribution is 2.14. The van der Waals surface area contributed by atoms with Crippen molar-refractivity contribution in [2.24, 2.45) is 45.3 Å². The van der Waals surface area contributed by atoms with E-state index in [-0.39, 0.29) is 88.8 Å². The monoisotopic (exact) mass is 949 g/mol. The van der Waals surface area contributed by atoms with E-state index in [1.807, 2.05) is 0 Å². The number of phenolic OH excluding ortho intramolecular Hbond substituents is 1. The van der Waals surface area contributed by atoms with Gasteiger partial charge < -0.3 is 81.8 Å². The number of phenols is 1. The summed E-state index contributed by atoms with van der Waals surface area (Å²) >= 11 is 0. The number of guanidine groups is 1. The first-order chi connectivity index (χ1) is 31.8. The zero-order valence-electron chi connectivity index (χ0n) is 38.9. The van der Waals surface area contributed by atoms with Crippen LogP contribution in [0.1, 0.15) is 96.5 Å². The zero-order valence-corrected chi connectivity index (χ0v) is 38.9. The number of carbonyl (C=O) groups excluding carboxylic acids is 7. The number of hydrogen-bond donors (Lipinski definition) is 15. The second kappa shape index (κ2) is 33.4. The van der Waals surface area contributed by atoms with E-state index in [9.17, 15) is 48.6 Å². The van der Waals surface area contributed by atoms with Crippen molar-refractivity contribution in [2.75, 3.05) is 39.3 Å². The fourth-order valence-electron chi connectivity index (χ4n) is 6.69. The molecule has 0 aliphatic rings. The minimum atomic E-state index is -1.36. The molecule has 24 heteroatoms. The first-order valence-electron chi connectivity index (χ1n) is 22.8. The standard InChI is InChI=1S/C43H76N14O10/c1-26(2)22-34(42(66)67)57-40(64)32(12-5-8-20-46)55-41(65)33(23-27-14-16-28(58)17-15-27)56-39(63)31(11-4-7-19-45)54-38(62)30(10-3-6-18-44)53-37(61)29(13-9-21-50-43(48)49)52-36(60)25-51-35(59)24-47/h14-17,26,29-34,58H,3-13,18-25,44-47H2,1-2H3,(H,51,59)(H,52,60)(H,53,61)(H,54,62)(H,55,65)(H,56,63)(H,57,64)(H,66,67)(H4,48,49,50)/t29-,30-,31-,32-,33-,34-/m0/s1. The number of aliphatic imine (C=N–C) groups is 1. The molecular weight excluding hydrogens is 873 g/mol. The minimum absolute atomic E-state index is 0.0263. The molecule has 0 unspecified atom stereocenters. The van der Waals surface area contributed by atoms with Gasteiger partial charge in [0, 0.05) is 13.0 Å². The Balaban J connectivity index is 3.55. The molecule has 0 aliphatic carbocycles. The molecular formula is C43H76N14O10. The van der Waals surface area contributed by atoms with Gasteiger partial charge in [0.25, 0.3) is 0 Å².